The number of nitrogens with one attached hydrogen (secondary N) is 1. The van der Waals surface area contributed by atoms with Gasteiger partial charge in [-0.1, -0.05) is 18.2 Å². The first-order valence-corrected chi connectivity index (χ1v) is 6.24. The Labute approximate surface area is 108 Å². The number of benzene rings is 1. The molecule has 0 radical (unpaired) electrons. The number of para-hydroxylation sites is 1. The first kappa shape index (κ1) is 12.3. The second-order valence-corrected chi connectivity index (χ2v) is 4.28. The first-order chi connectivity index (χ1) is 8.75. The maximum Gasteiger partial charge on any atom is 0.339 e. The lowest BCUT2D eigenvalue weighted by atomic mass is 10.3. The molecule has 0 saturated carbocycles. The zero-order chi connectivity index (χ0) is 12.8. The summed E-state index contributed by atoms with van der Waals surface area (Å²) < 4.78 is 4.88. The average molecular weight is 261 g/mol. The molecule has 4 nitrogen and oxygen atoms in total. The van der Waals surface area contributed by atoms with Crippen LogP contribution in [-0.4, -0.2) is 18.5 Å². The van der Waals surface area contributed by atoms with Crippen LogP contribution in [0, 0.1) is 0 Å². The molecule has 0 bridgehead atoms. The third kappa shape index (κ3) is 3.43. The van der Waals surface area contributed by atoms with E-state index in [4.69, 9.17) is 4.74 Å². The second-order valence-electron chi connectivity index (χ2n) is 3.50. The molecule has 1 aromatic carbocycles. The fraction of sp³-hybridized carbons (Fsp3) is 0.0769. The standard InChI is InChI=1S/C13H11NO3S/c15-12(14-11-4-2-1-3-5-11)8-17-13(16)10-6-7-18-9-10/h1-7,9H,8H2,(H,14,15). The van der Waals surface area contributed by atoms with E-state index in [1.165, 1.54) is 11.3 Å². The average Bonchev–Trinajstić information content (AvgIpc) is 2.91. The van der Waals surface area contributed by atoms with E-state index in [2.05, 4.69) is 5.32 Å². The number of rotatable bonds is 4. The number of carbonyl (C=O) groups is 2. The van der Waals surface area contributed by atoms with Crippen molar-refractivity contribution in [2.24, 2.45) is 0 Å². The van der Waals surface area contributed by atoms with E-state index in [0.717, 1.165) is 0 Å². The molecule has 2 rings (SSSR count). The van der Waals surface area contributed by atoms with Crippen LogP contribution in [0.15, 0.2) is 47.2 Å². The van der Waals surface area contributed by atoms with Crippen molar-refractivity contribution >= 4 is 28.9 Å². The normalized spacial score (nSPS) is 9.78. The second kappa shape index (κ2) is 5.97. The Balaban J connectivity index is 1.80. The Morgan fingerprint density at radius 1 is 1.17 bits per heavy atom. The van der Waals surface area contributed by atoms with Crippen molar-refractivity contribution in [1.82, 2.24) is 0 Å². The summed E-state index contributed by atoms with van der Waals surface area (Å²) in [5.41, 5.74) is 1.14. The van der Waals surface area contributed by atoms with Crippen molar-refractivity contribution in [2.45, 2.75) is 0 Å². The van der Waals surface area contributed by atoms with Gasteiger partial charge in [-0.05, 0) is 23.6 Å². The highest BCUT2D eigenvalue weighted by atomic mass is 32.1. The molecule has 1 aromatic heterocycles. The lowest BCUT2D eigenvalue weighted by Gasteiger charge is -2.05. The van der Waals surface area contributed by atoms with Crippen LogP contribution < -0.4 is 5.32 Å². The van der Waals surface area contributed by atoms with Crippen molar-refractivity contribution in [2.75, 3.05) is 11.9 Å². The third-order valence-corrected chi connectivity index (χ3v) is 2.83. The van der Waals surface area contributed by atoms with Gasteiger partial charge in [0.05, 0.1) is 5.56 Å². The molecule has 0 spiro atoms. The topological polar surface area (TPSA) is 55.4 Å². The molecule has 92 valence electrons. The van der Waals surface area contributed by atoms with Gasteiger partial charge in [0.1, 0.15) is 0 Å². The van der Waals surface area contributed by atoms with Crippen molar-refractivity contribution < 1.29 is 14.3 Å². The van der Waals surface area contributed by atoms with Gasteiger partial charge in [-0.3, -0.25) is 4.79 Å². The van der Waals surface area contributed by atoms with Crippen molar-refractivity contribution in [3.05, 3.63) is 52.7 Å². The van der Waals surface area contributed by atoms with E-state index in [0.29, 0.717) is 11.3 Å². The summed E-state index contributed by atoms with van der Waals surface area (Å²) in [6.45, 7) is -0.288. The molecule has 1 heterocycles. The monoisotopic (exact) mass is 261 g/mol. The first-order valence-electron chi connectivity index (χ1n) is 5.30. The highest BCUT2D eigenvalue weighted by Crippen LogP contribution is 2.08. The van der Waals surface area contributed by atoms with Crippen LogP contribution in [0.4, 0.5) is 5.69 Å². The van der Waals surface area contributed by atoms with Gasteiger partial charge in [-0.25, -0.2) is 4.79 Å². The zero-order valence-corrected chi connectivity index (χ0v) is 10.3. The molecule has 0 aliphatic carbocycles. The zero-order valence-electron chi connectivity index (χ0n) is 9.46. The largest absolute Gasteiger partial charge is 0.452 e. The minimum absolute atomic E-state index is 0.288. The van der Waals surface area contributed by atoms with Gasteiger partial charge >= 0.3 is 5.97 Å². The number of thiophene rings is 1. The van der Waals surface area contributed by atoms with Crippen molar-refractivity contribution in [1.29, 1.82) is 0 Å². The Morgan fingerprint density at radius 3 is 2.61 bits per heavy atom. The highest BCUT2D eigenvalue weighted by molar-refractivity contribution is 7.08. The molecular formula is C13H11NO3S. The molecule has 0 aliphatic heterocycles. The molecule has 1 amide bonds. The van der Waals surface area contributed by atoms with E-state index in [1.807, 2.05) is 18.2 Å². The Bertz CT molecular complexity index is 522. The smallest absolute Gasteiger partial charge is 0.339 e. The number of amides is 1. The van der Waals surface area contributed by atoms with E-state index in [9.17, 15) is 9.59 Å². The van der Waals surface area contributed by atoms with Gasteiger partial charge in [0.2, 0.25) is 0 Å². The summed E-state index contributed by atoms with van der Waals surface area (Å²) in [5.74, 6) is -0.843. The van der Waals surface area contributed by atoms with E-state index in [1.54, 1.807) is 29.0 Å². The number of hydrogen-bond donors (Lipinski definition) is 1. The lowest BCUT2D eigenvalue weighted by Crippen LogP contribution is -2.20. The summed E-state index contributed by atoms with van der Waals surface area (Å²) in [5, 5.41) is 6.09. The quantitative estimate of drug-likeness (QED) is 0.860. The van der Waals surface area contributed by atoms with Crippen molar-refractivity contribution in [3.8, 4) is 0 Å². The molecule has 0 saturated heterocycles. The number of esters is 1. The molecule has 2 aromatic rings. The number of hydrogen-bond acceptors (Lipinski definition) is 4. The molecule has 1 N–H and O–H groups in total. The van der Waals surface area contributed by atoms with Gasteiger partial charge in [-0.2, -0.15) is 11.3 Å². The van der Waals surface area contributed by atoms with Crippen LogP contribution in [0.1, 0.15) is 10.4 Å². The van der Waals surface area contributed by atoms with Crippen LogP contribution in [0.25, 0.3) is 0 Å². The maximum absolute atomic E-state index is 11.5. The summed E-state index contributed by atoms with van der Waals surface area (Å²) >= 11 is 1.40. The van der Waals surface area contributed by atoms with E-state index >= 15 is 0 Å². The van der Waals surface area contributed by atoms with E-state index < -0.39 is 5.97 Å². The summed E-state index contributed by atoms with van der Waals surface area (Å²) in [4.78, 5) is 23.0. The van der Waals surface area contributed by atoms with Crippen molar-refractivity contribution in [3.63, 3.8) is 0 Å². The number of anilines is 1. The fourth-order valence-electron chi connectivity index (χ4n) is 1.31. The van der Waals surface area contributed by atoms with Crippen LogP contribution >= 0.6 is 11.3 Å². The molecule has 0 fully saturated rings. The molecule has 5 heteroatoms. The van der Waals surface area contributed by atoms with E-state index in [-0.39, 0.29) is 12.5 Å². The molecule has 0 atom stereocenters. The minimum Gasteiger partial charge on any atom is -0.452 e. The summed E-state index contributed by atoms with van der Waals surface area (Å²) in [7, 11) is 0. The Morgan fingerprint density at radius 2 is 1.94 bits per heavy atom. The fourth-order valence-corrected chi connectivity index (χ4v) is 1.94. The number of ether oxygens (including phenoxy) is 1. The maximum atomic E-state index is 11.5. The predicted octanol–water partition coefficient (Wildman–Crippen LogP) is 2.54. The Kier molecular flexibility index (Phi) is 4.09. The summed E-state index contributed by atoms with van der Waals surface area (Å²) in [6, 6.07) is 10.7. The number of carbonyl (C=O) groups excluding carboxylic acids is 2. The SMILES string of the molecule is O=C(COC(=O)c1ccsc1)Nc1ccccc1. The highest BCUT2D eigenvalue weighted by Gasteiger charge is 2.10. The molecular weight excluding hydrogens is 250 g/mol. The van der Waals surface area contributed by atoms with Crippen LogP contribution in [0.3, 0.4) is 0 Å². The minimum atomic E-state index is -0.487. The lowest BCUT2D eigenvalue weighted by molar-refractivity contribution is -0.119. The predicted molar refractivity (Wildman–Crippen MR) is 69.7 cm³/mol. The van der Waals surface area contributed by atoms with Gasteiger partial charge in [0, 0.05) is 11.1 Å². The summed E-state index contributed by atoms with van der Waals surface area (Å²) in [6.07, 6.45) is 0. The third-order valence-electron chi connectivity index (χ3n) is 2.15. The molecule has 0 unspecified atom stereocenters. The molecule has 18 heavy (non-hydrogen) atoms. The van der Waals surface area contributed by atoms with Crippen LogP contribution in [0.2, 0.25) is 0 Å². The molecule has 0 aliphatic rings. The van der Waals surface area contributed by atoms with Crippen LogP contribution in [-0.2, 0) is 9.53 Å². The van der Waals surface area contributed by atoms with Gasteiger partial charge in [0.25, 0.3) is 5.91 Å². The van der Waals surface area contributed by atoms with Gasteiger partial charge < -0.3 is 10.1 Å². The van der Waals surface area contributed by atoms with Gasteiger partial charge in [0.15, 0.2) is 6.61 Å². The Hall–Kier alpha value is -2.14. The van der Waals surface area contributed by atoms with Crippen LogP contribution in [0.5, 0.6) is 0 Å². The van der Waals surface area contributed by atoms with Gasteiger partial charge in [-0.15, -0.1) is 0 Å².